The number of benzene rings is 1. The van der Waals surface area contributed by atoms with Crippen LogP contribution in [0.15, 0.2) is 18.2 Å². The third-order valence-corrected chi connectivity index (χ3v) is 3.92. The molecule has 1 fully saturated rings. The zero-order valence-electron chi connectivity index (χ0n) is 12.4. The van der Waals surface area contributed by atoms with E-state index in [0.717, 1.165) is 25.2 Å². The van der Waals surface area contributed by atoms with Crippen molar-refractivity contribution in [1.29, 1.82) is 0 Å². The molecule has 0 saturated carbocycles. The van der Waals surface area contributed by atoms with Crippen LogP contribution in [0.3, 0.4) is 0 Å². The minimum atomic E-state index is -1.09. The number of hydrogen-bond donors (Lipinski definition) is 1. The molecule has 116 valence electrons. The minimum Gasteiger partial charge on any atom is -0.338 e. The van der Waals surface area contributed by atoms with Gasteiger partial charge < -0.3 is 10.6 Å². The summed E-state index contributed by atoms with van der Waals surface area (Å²) in [6, 6.07) is 2.45. The minimum absolute atomic E-state index is 0.0349. The molecule has 1 atom stereocenters. The molecule has 0 aromatic heterocycles. The number of nitrogens with two attached hydrogens (primary N) is 1. The zero-order chi connectivity index (χ0) is 15.6. The van der Waals surface area contributed by atoms with E-state index < -0.39 is 17.7 Å². The predicted molar refractivity (Wildman–Crippen MR) is 76.6 cm³/mol. The molecular weight excluding hydrogens is 276 g/mol. The van der Waals surface area contributed by atoms with E-state index in [0.29, 0.717) is 19.1 Å². The second-order valence-electron chi connectivity index (χ2n) is 5.60. The summed E-state index contributed by atoms with van der Waals surface area (Å²) >= 11 is 0. The number of rotatable bonds is 3. The Labute approximate surface area is 123 Å². The molecule has 1 aromatic carbocycles. The van der Waals surface area contributed by atoms with E-state index in [1.165, 1.54) is 6.07 Å². The van der Waals surface area contributed by atoms with Crippen molar-refractivity contribution in [2.24, 2.45) is 5.73 Å². The van der Waals surface area contributed by atoms with Crippen LogP contribution in [0.25, 0.3) is 0 Å². The summed E-state index contributed by atoms with van der Waals surface area (Å²) in [5.41, 5.74) is 5.88. The van der Waals surface area contributed by atoms with Crippen molar-refractivity contribution >= 4 is 5.91 Å². The first-order valence-electron chi connectivity index (χ1n) is 7.13. The first-order chi connectivity index (χ1) is 9.90. The molecule has 1 aliphatic rings. The predicted octanol–water partition coefficient (Wildman–Crippen LogP) is 1.52. The van der Waals surface area contributed by atoms with Crippen molar-refractivity contribution in [3.63, 3.8) is 0 Å². The standard InChI is InChI=1S/C15H21F2N3O/c1-10(2)19-5-7-20(8-6-19)15(21)14(18)12-4-3-11(16)9-13(12)17/h3-4,9-10,14H,5-8,18H2,1-2H3. The van der Waals surface area contributed by atoms with Gasteiger partial charge >= 0.3 is 0 Å². The van der Waals surface area contributed by atoms with Gasteiger partial charge in [0.1, 0.15) is 17.7 Å². The van der Waals surface area contributed by atoms with Crippen LogP contribution in [0.1, 0.15) is 25.5 Å². The quantitative estimate of drug-likeness (QED) is 0.920. The molecule has 2 rings (SSSR count). The molecule has 1 unspecified atom stereocenters. The van der Waals surface area contributed by atoms with E-state index in [9.17, 15) is 13.6 Å². The summed E-state index contributed by atoms with van der Waals surface area (Å²) in [5, 5.41) is 0. The van der Waals surface area contributed by atoms with Gasteiger partial charge in [0, 0.05) is 43.9 Å². The Morgan fingerprint density at radius 2 is 1.81 bits per heavy atom. The second-order valence-corrected chi connectivity index (χ2v) is 5.60. The topological polar surface area (TPSA) is 49.6 Å². The molecule has 0 bridgehead atoms. The van der Waals surface area contributed by atoms with Crippen LogP contribution in [0.4, 0.5) is 8.78 Å². The van der Waals surface area contributed by atoms with Crippen molar-refractivity contribution in [1.82, 2.24) is 9.80 Å². The maximum atomic E-state index is 13.7. The average Bonchev–Trinajstić information content (AvgIpc) is 2.46. The summed E-state index contributed by atoms with van der Waals surface area (Å²) < 4.78 is 26.6. The fourth-order valence-corrected chi connectivity index (χ4v) is 2.54. The van der Waals surface area contributed by atoms with E-state index in [-0.39, 0.29) is 11.5 Å². The maximum absolute atomic E-state index is 13.7. The van der Waals surface area contributed by atoms with Crippen LogP contribution in [-0.4, -0.2) is 47.9 Å². The van der Waals surface area contributed by atoms with Crippen LogP contribution in [0.2, 0.25) is 0 Å². The van der Waals surface area contributed by atoms with Crippen molar-refractivity contribution in [3.05, 3.63) is 35.4 Å². The Balaban J connectivity index is 2.03. The molecule has 1 aliphatic heterocycles. The fourth-order valence-electron chi connectivity index (χ4n) is 2.54. The molecule has 1 aromatic rings. The zero-order valence-corrected chi connectivity index (χ0v) is 12.4. The molecule has 1 amide bonds. The second kappa shape index (κ2) is 6.49. The normalized spacial score (nSPS) is 18.1. The lowest BCUT2D eigenvalue weighted by molar-refractivity contribution is -0.134. The third-order valence-electron chi connectivity index (χ3n) is 3.92. The molecular formula is C15H21F2N3O. The van der Waals surface area contributed by atoms with E-state index in [2.05, 4.69) is 18.7 Å². The smallest absolute Gasteiger partial charge is 0.244 e. The molecule has 1 heterocycles. The summed E-state index contributed by atoms with van der Waals surface area (Å²) in [4.78, 5) is 16.3. The number of carbonyl (C=O) groups excluding carboxylic acids is 1. The molecule has 21 heavy (non-hydrogen) atoms. The average molecular weight is 297 g/mol. The Morgan fingerprint density at radius 1 is 1.19 bits per heavy atom. The van der Waals surface area contributed by atoms with Crippen molar-refractivity contribution in [2.45, 2.75) is 25.9 Å². The molecule has 1 saturated heterocycles. The molecule has 0 radical (unpaired) electrons. The molecule has 6 heteroatoms. The van der Waals surface area contributed by atoms with Crippen LogP contribution < -0.4 is 5.73 Å². The Hall–Kier alpha value is -1.53. The summed E-state index contributed by atoms with van der Waals surface area (Å²) in [5.74, 6) is -1.78. The van der Waals surface area contributed by atoms with E-state index in [1.807, 2.05) is 0 Å². The monoisotopic (exact) mass is 297 g/mol. The maximum Gasteiger partial charge on any atom is 0.244 e. The molecule has 0 aliphatic carbocycles. The van der Waals surface area contributed by atoms with Crippen LogP contribution in [0, 0.1) is 11.6 Å². The lowest BCUT2D eigenvalue weighted by Crippen LogP contribution is -2.52. The molecule has 0 spiro atoms. The highest BCUT2D eigenvalue weighted by Gasteiger charge is 2.28. The molecule has 2 N–H and O–H groups in total. The highest BCUT2D eigenvalue weighted by molar-refractivity contribution is 5.83. The number of amides is 1. The van der Waals surface area contributed by atoms with Gasteiger partial charge in [0.2, 0.25) is 5.91 Å². The van der Waals surface area contributed by atoms with E-state index in [4.69, 9.17) is 5.73 Å². The van der Waals surface area contributed by atoms with Crippen LogP contribution in [-0.2, 0) is 4.79 Å². The van der Waals surface area contributed by atoms with Gasteiger partial charge in [0.05, 0.1) is 0 Å². The van der Waals surface area contributed by atoms with Gasteiger partial charge in [-0.3, -0.25) is 9.69 Å². The van der Waals surface area contributed by atoms with Gasteiger partial charge in [-0.15, -0.1) is 0 Å². The number of nitrogens with zero attached hydrogens (tertiary/aromatic N) is 2. The van der Waals surface area contributed by atoms with Gasteiger partial charge in [-0.05, 0) is 19.9 Å². The van der Waals surface area contributed by atoms with E-state index in [1.54, 1.807) is 4.90 Å². The van der Waals surface area contributed by atoms with Gasteiger partial charge in [-0.1, -0.05) is 6.07 Å². The lowest BCUT2D eigenvalue weighted by Gasteiger charge is -2.37. The number of carbonyl (C=O) groups is 1. The first-order valence-corrected chi connectivity index (χ1v) is 7.13. The Morgan fingerprint density at radius 3 is 2.33 bits per heavy atom. The first kappa shape index (κ1) is 15.9. The van der Waals surface area contributed by atoms with Crippen LogP contribution >= 0.6 is 0 Å². The van der Waals surface area contributed by atoms with Crippen molar-refractivity contribution < 1.29 is 13.6 Å². The van der Waals surface area contributed by atoms with E-state index >= 15 is 0 Å². The number of halogens is 2. The van der Waals surface area contributed by atoms with Gasteiger partial charge in [-0.25, -0.2) is 8.78 Å². The molecule has 4 nitrogen and oxygen atoms in total. The summed E-state index contributed by atoms with van der Waals surface area (Å²) in [6.07, 6.45) is 0. The highest BCUT2D eigenvalue weighted by atomic mass is 19.1. The summed E-state index contributed by atoms with van der Waals surface area (Å²) in [6.45, 7) is 6.93. The lowest BCUT2D eigenvalue weighted by atomic mass is 10.0. The third kappa shape index (κ3) is 3.57. The van der Waals surface area contributed by atoms with Gasteiger partial charge in [-0.2, -0.15) is 0 Å². The fraction of sp³-hybridized carbons (Fsp3) is 0.533. The van der Waals surface area contributed by atoms with Gasteiger partial charge in [0.25, 0.3) is 0 Å². The van der Waals surface area contributed by atoms with Crippen molar-refractivity contribution in [3.8, 4) is 0 Å². The SMILES string of the molecule is CC(C)N1CCN(C(=O)C(N)c2ccc(F)cc2F)CC1. The Bertz CT molecular complexity index is 514. The summed E-state index contributed by atoms with van der Waals surface area (Å²) in [7, 11) is 0. The van der Waals surface area contributed by atoms with Crippen molar-refractivity contribution in [2.75, 3.05) is 26.2 Å². The van der Waals surface area contributed by atoms with Gasteiger partial charge in [0.15, 0.2) is 0 Å². The number of piperazine rings is 1. The highest BCUT2D eigenvalue weighted by Crippen LogP contribution is 2.19. The largest absolute Gasteiger partial charge is 0.338 e. The van der Waals surface area contributed by atoms with Crippen LogP contribution in [0.5, 0.6) is 0 Å². The number of hydrogen-bond acceptors (Lipinski definition) is 3. The Kier molecular flexibility index (Phi) is 4.90.